The van der Waals surface area contributed by atoms with Crippen LogP contribution < -0.4 is 10.2 Å². The topological polar surface area (TPSA) is 83.6 Å². The van der Waals surface area contributed by atoms with Gasteiger partial charge in [0.15, 0.2) is 9.84 Å². The maximum Gasteiger partial charge on any atom is 0.416 e. The monoisotopic (exact) mass is 530 g/mol. The summed E-state index contributed by atoms with van der Waals surface area (Å²) in [6, 6.07) is 17.5. The molecule has 1 saturated heterocycles. The summed E-state index contributed by atoms with van der Waals surface area (Å²) in [5, 5.41) is 2.78. The molecule has 10 heteroatoms. The van der Waals surface area contributed by atoms with Gasteiger partial charge in [0.05, 0.1) is 22.1 Å². The molecule has 1 fully saturated rings. The molecular weight excluding hydrogens is 505 g/mol. The van der Waals surface area contributed by atoms with Crippen LogP contribution in [0.3, 0.4) is 0 Å². The third-order valence-corrected chi connectivity index (χ3v) is 8.15. The number of amides is 2. The minimum absolute atomic E-state index is 0.0117. The zero-order valence-electron chi connectivity index (χ0n) is 20.0. The van der Waals surface area contributed by atoms with Crippen LogP contribution >= 0.6 is 0 Å². The number of halogens is 3. The summed E-state index contributed by atoms with van der Waals surface area (Å²) in [4.78, 5) is 27.3. The highest BCUT2D eigenvalue weighted by Gasteiger charge is 2.35. The zero-order chi connectivity index (χ0) is 26.8. The van der Waals surface area contributed by atoms with Crippen LogP contribution in [0, 0.1) is 0 Å². The molecule has 0 bridgehead atoms. The third-order valence-electron chi connectivity index (χ3n) is 6.40. The SMILES string of the molecule is CCS(=O)(=O)c1ccc(CNC(=O)c2ccc(N3CCC(c4ccc(C(F)(F)F)cc4)C3=O)cc2)cc1. The van der Waals surface area contributed by atoms with E-state index < -0.39 is 27.5 Å². The van der Waals surface area contributed by atoms with Gasteiger partial charge in [0.2, 0.25) is 5.91 Å². The first-order valence-corrected chi connectivity index (χ1v) is 13.3. The molecule has 1 aliphatic rings. The van der Waals surface area contributed by atoms with E-state index in [1.807, 2.05) is 0 Å². The first kappa shape index (κ1) is 26.4. The Labute approximate surface area is 213 Å². The molecule has 0 saturated carbocycles. The predicted molar refractivity (Wildman–Crippen MR) is 133 cm³/mol. The van der Waals surface area contributed by atoms with Crippen LogP contribution in [-0.4, -0.2) is 32.5 Å². The molecule has 4 rings (SSSR count). The molecule has 37 heavy (non-hydrogen) atoms. The van der Waals surface area contributed by atoms with Crippen LogP contribution in [0.1, 0.15) is 46.3 Å². The van der Waals surface area contributed by atoms with Gasteiger partial charge in [0.1, 0.15) is 0 Å². The van der Waals surface area contributed by atoms with Gasteiger partial charge in [-0.15, -0.1) is 0 Å². The molecule has 0 spiro atoms. The number of nitrogens with one attached hydrogen (secondary N) is 1. The highest BCUT2D eigenvalue weighted by molar-refractivity contribution is 7.91. The zero-order valence-corrected chi connectivity index (χ0v) is 20.8. The van der Waals surface area contributed by atoms with Crippen LogP contribution in [0.25, 0.3) is 0 Å². The Kier molecular flexibility index (Phi) is 7.40. The van der Waals surface area contributed by atoms with E-state index in [1.54, 1.807) is 48.2 Å². The summed E-state index contributed by atoms with van der Waals surface area (Å²) >= 11 is 0. The molecule has 6 nitrogen and oxygen atoms in total. The Morgan fingerprint density at radius 2 is 1.59 bits per heavy atom. The molecule has 1 aliphatic heterocycles. The number of nitrogens with zero attached hydrogens (tertiary/aromatic N) is 1. The molecule has 1 atom stereocenters. The first-order chi connectivity index (χ1) is 17.5. The van der Waals surface area contributed by atoms with E-state index in [0.29, 0.717) is 29.8 Å². The van der Waals surface area contributed by atoms with Crippen LogP contribution in [-0.2, 0) is 27.4 Å². The van der Waals surface area contributed by atoms with E-state index in [9.17, 15) is 31.2 Å². The lowest BCUT2D eigenvalue weighted by atomic mass is 9.96. The van der Waals surface area contributed by atoms with Crippen molar-refractivity contribution in [1.82, 2.24) is 5.32 Å². The Morgan fingerprint density at radius 3 is 2.16 bits per heavy atom. The van der Waals surface area contributed by atoms with Crippen molar-refractivity contribution in [2.24, 2.45) is 0 Å². The predicted octanol–water partition coefficient (Wildman–Crippen LogP) is 4.95. The van der Waals surface area contributed by atoms with Crippen molar-refractivity contribution in [3.63, 3.8) is 0 Å². The molecule has 0 aromatic heterocycles. The average Bonchev–Trinajstić information content (AvgIpc) is 3.28. The summed E-state index contributed by atoms with van der Waals surface area (Å²) in [6.07, 6.45) is -3.95. The minimum Gasteiger partial charge on any atom is -0.348 e. The van der Waals surface area contributed by atoms with Crippen molar-refractivity contribution >= 4 is 27.3 Å². The number of hydrogen-bond acceptors (Lipinski definition) is 4. The smallest absolute Gasteiger partial charge is 0.348 e. The van der Waals surface area contributed by atoms with Gasteiger partial charge in [0, 0.05) is 24.3 Å². The summed E-state index contributed by atoms with van der Waals surface area (Å²) in [5.74, 6) is -1.04. The number of carbonyl (C=O) groups is 2. The lowest BCUT2D eigenvalue weighted by molar-refractivity contribution is -0.137. The number of rotatable bonds is 7. The molecule has 1 N–H and O–H groups in total. The fourth-order valence-corrected chi connectivity index (χ4v) is 5.09. The maximum atomic E-state index is 13.0. The minimum atomic E-state index is -4.43. The largest absolute Gasteiger partial charge is 0.416 e. The number of anilines is 1. The second-order valence-electron chi connectivity index (χ2n) is 8.73. The molecule has 2 amide bonds. The average molecular weight is 531 g/mol. The van der Waals surface area contributed by atoms with E-state index in [1.165, 1.54) is 24.3 Å². The van der Waals surface area contributed by atoms with Gasteiger partial charge in [-0.1, -0.05) is 31.2 Å². The molecule has 0 radical (unpaired) electrons. The van der Waals surface area contributed by atoms with Gasteiger partial charge >= 0.3 is 6.18 Å². The van der Waals surface area contributed by atoms with Crippen molar-refractivity contribution in [3.8, 4) is 0 Å². The van der Waals surface area contributed by atoms with Crippen molar-refractivity contribution < 1.29 is 31.2 Å². The fourth-order valence-electron chi connectivity index (χ4n) is 4.21. The van der Waals surface area contributed by atoms with E-state index in [0.717, 1.165) is 17.7 Å². The summed E-state index contributed by atoms with van der Waals surface area (Å²) in [7, 11) is -3.29. The highest BCUT2D eigenvalue weighted by atomic mass is 32.2. The van der Waals surface area contributed by atoms with Crippen LogP contribution in [0.4, 0.5) is 18.9 Å². The summed E-state index contributed by atoms with van der Waals surface area (Å²) < 4.78 is 62.3. The molecule has 3 aromatic carbocycles. The number of sulfone groups is 1. The Bertz CT molecular complexity index is 1390. The van der Waals surface area contributed by atoms with Gasteiger partial charge in [-0.2, -0.15) is 13.2 Å². The Balaban J connectivity index is 1.36. The number of hydrogen-bond donors (Lipinski definition) is 1. The second-order valence-corrected chi connectivity index (χ2v) is 11.0. The lowest BCUT2D eigenvalue weighted by Crippen LogP contribution is -2.27. The van der Waals surface area contributed by atoms with Gasteiger partial charge in [-0.05, 0) is 66.1 Å². The molecule has 1 unspecified atom stereocenters. The second kappa shape index (κ2) is 10.4. The Hall–Kier alpha value is -3.66. The standard InChI is InChI=1S/C27H25F3N2O4S/c1-2-37(35,36)23-13-3-18(4-14-23)17-31-25(33)20-7-11-22(12-8-20)32-16-15-24(26(32)34)19-5-9-21(10-6-19)27(28,29)30/h3-14,24H,2,15-17H2,1H3,(H,31,33). The van der Waals surface area contributed by atoms with Crippen LogP contribution in [0.15, 0.2) is 77.7 Å². The normalized spacial score (nSPS) is 16.2. The lowest BCUT2D eigenvalue weighted by Gasteiger charge is -2.18. The van der Waals surface area contributed by atoms with Gasteiger partial charge in [-0.3, -0.25) is 9.59 Å². The van der Waals surface area contributed by atoms with Crippen LogP contribution in [0.5, 0.6) is 0 Å². The molecule has 3 aromatic rings. The third kappa shape index (κ3) is 5.85. The van der Waals surface area contributed by atoms with E-state index in [2.05, 4.69) is 5.32 Å². The van der Waals surface area contributed by atoms with Gasteiger partial charge < -0.3 is 10.2 Å². The van der Waals surface area contributed by atoms with Crippen molar-refractivity contribution in [3.05, 3.63) is 95.1 Å². The quantitative estimate of drug-likeness (QED) is 0.469. The number of alkyl halides is 3. The van der Waals surface area contributed by atoms with Crippen molar-refractivity contribution in [2.75, 3.05) is 17.2 Å². The van der Waals surface area contributed by atoms with Crippen molar-refractivity contribution in [1.29, 1.82) is 0 Å². The molecule has 0 aliphatic carbocycles. The summed E-state index contributed by atoms with van der Waals surface area (Å²) in [6.45, 7) is 2.21. The number of benzene rings is 3. The number of carbonyl (C=O) groups excluding carboxylic acids is 2. The van der Waals surface area contributed by atoms with E-state index in [-0.39, 0.29) is 29.0 Å². The van der Waals surface area contributed by atoms with E-state index >= 15 is 0 Å². The van der Waals surface area contributed by atoms with Gasteiger partial charge in [-0.25, -0.2) is 8.42 Å². The summed E-state index contributed by atoms with van der Waals surface area (Å²) in [5.41, 5.74) is 1.52. The molecular formula is C27H25F3N2O4S. The maximum absolute atomic E-state index is 13.0. The van der Waals surface area contributed by atoms with E-state index in [4.69, 9.17) is 0 Å². The van der Waals surface area contributed by atoms with Crippen LogP contribution in [0.2, 0.25) is 0 Å². The first-order valence-electron chi connectivity index (χ1n) is 11.7. The molecule has 194 valence electrons. The van der Waals surface area contributed by atoms with Gasteiger partial charge in [0.25, 0.3) is 5.91 Å². The van der Waals surface area contributed by atoms with Crippen molar-refractivity contribution in [2.45, 2.75) is 36.9 Å². The Morgan fingerprint density at radius 1 is 0.973 bits per heavy atom. The molecule has 1 heterocycles. The fraction of sp³-hybridized carbons (Fsp3) is 0.259. The highest BCUT2D eigenvalue weighted by Crippen LogP contribution is 2.35.